The SMILES string of the molecule is CC(C)c1ccc(-c2cc3ccc(OC[C@@H]4Cn5ccc(=O)nc5O4)cc3s2)cc1. The highest BCUT2D eigenvalue weighted by Gasteiger charge is 2.23. The summed E-state index contributed by atoms with van der Waals surface area (Å²) in [5.74, 6) is 1.35. The molecule has 1 aliphatic rings. The standard InChI is InChI=1S/C24H22N2O3S/c1-15(2)16-3-5-17(6-4-16)21-11-18-7-8-19(12-22(18)30-21)28-14-20-13-26-10-9-23(27)25-24(26)29-20/h3-12,15,20H,13-14H2,1-2H3/t20-/m0/s1. The van der Waals surface area contributed by atoms with Crippen molar-refractivity contribution in [1.29, 1.82) is 0 Å². The van der Waals surface area contributed by atoms with Gasteiger partial charge >= 0.3 is 0 Å². The molecule has 0 saturated heterocycles. The average Bonchev–Trinajstić information content (AvgIpc) is 3.35. The van der Waals surface area contributed by atoms with Crippen molar-refractivity contribution in [2.24, 2.45) is 0 Å². The number of ether oxygens (including phenoxy) is 2. The molecule has 30 heavy (non-hydrogen) atoms. The van der Waals surface area contributed by atoms with E-state index in [1.54, 1.807) is 17.5 Å². The van der Waals surface area contributed by atoms with Crippen LogP contribution in [-0.2, 0) is 6.54 Å². The van der Waals surface area contributed by atoms with Gasteiger partial charge in [-0.1, -0.05) is 38.1 Å². The molecule has 0 spiro atoms. The minimum Gasteiger partial charge on any atom is -0.490 e. The lowest BCUT2D eigenvalue weighted by Gasteiger charge is -2.11. The van der Waals surface area contributed by atoms with Crippen LogP contribution in [0.5, 0.6) is 11.8 Å². The van der Waals surface area contributed by atoms with Crippen LogP contribution in [0.15, 0.2) is 65.6 Å². The van der Waals surface area contributed by atoms with Gasteiger partial charge in [0.15, 0.2) is 6.10 Å². The van der Waals surface area contributed by atoms with Crippen LogP contribution < -0.4 is 15.0 Å². The van der Waals surface area contributed by atoms with Gasteiger partial charge in [0.05, 0.1) is 6.54 Å². The molecule has 0 radical (unpaired) electrons. The molecule has 6 heteroatoms. The Morgan fingerprint density at radius 3 is 2.80 bits per heavy atom. The Bertz CT molecular complexity index is 1260. The molecule has 0 aliphatic carbocycles. The lowest BCUT2D eigenvalue weighted by molar-refractivity contribution is 0.144. The van der Waals surface area contributed by atoms with E-state index < -0.39 is 0 Å². The van der Waals surface area contributed by atoms with Gasteiger partial charge in [-0.05, 0) is 46.7 Å². The molecule has 0 N–H and O–H groups in total. The highest BCUT2D eigenvalue weighted by molar-refractivity contribution is 7.22. The predicted molar refractivity (Wildman–Crippen MR) is 120 cm³/mol. The third-order valence-electron chi connectivity index (χ3n) is 5.31. The first kappa shape index (κ1) is 18.9. The topological polar surface area (TPSA) is 53.4 Å². The van der Waals surface area contributed by atoms with Crippen molar-refractivity contribution in [2.75, 3.05) is 6.61 Å². The van der Waals surface area contributed by atoms with Crippen LogP contribution in [0.3, 0.4) is 0 Å². The summed E-state index contributed by atoms with van der Waals surface area (Å²) in [6, 6.07) is 19.0. The lowest BCUT2D eigenvalue weighted by Crippen LogP contribution is -2.23. The Labute approximate surface area is 178 Å². The molecule has 3 heterocycles. The van der Waals surface area contributed by atoms with Crippen molar-refractivity contribution in [1.82, 2.24) is 9.55 Å². The zero-order chi connectivity index (χ0) is 20.7. The van der Waals surface area contributed by atoms with E-state index in [1.165, 1.54) is 32.2 Å². The Balaban J connectivity index is 1.29. The molecule has 152 valence electrons. The zero-order valence-electron chi connectivity index (χ0n) is 16.9. The molecule has 0 unspecified atom stereocenters. The molecule has 0 bridgehead atoms. The van der Waals surface area contributed by atoms with Gasteiger partial charge < -0.3 is 9.47 Å². The van der Waals surface area contributed by atoms with Crippen molar-refractivity contribution in [3.8, 4) is 22.2 Å². The van der Waals surface area contributed by atoms with E-state index in [2.05, 4.69) is 61.3 Å². The summed E-state index contributed by atoms with van der Waals surface area (Å²) in [6.45, 7) is 5.45. The lowest BCUT2D eigenvalue weighted by atomic mass is 10.0. The van der Waals surface area contributed by atoms with Gasteiger partial charge in [0.25, 0.3) is 11.6 Å². The largest absolute Gasteiger partial charge is 0.490 e. The highest BCUT2D eigenvalue weighted by Crippen LogP contribution is 2.36. The summed E-state index contributed by atoms with van der Waals surface area (Å²) in [4.78, 5) is 16.5. The van der Waals surface area contributed by atoms with Crippen molar-refractivity contribution in [3.63, 3.8) is 0 Å². The Hall–Kier alpha value is -3.12. The quantitative estimate of drug-likeness (QED) is 0.453. The van der Waals surface area contributed by atoms with Crippen LogP contribution in [0.4, 0.5) is 0 Å². The number of benzene rings is 2. The maximum Gasteiger partial charge on any atom is 0.300 e. The molecule has 2 aromatic heterocycles. The molecular weight excluding hydrogens is 396 g/mol. The van der Waals surface area contributed by atoms with Gasteiger partial charge in [-0.2, -0.15) is 4.98 Å². The summed E-state index contributed by atoms with van der Waals surface area (Å²) < 4.78 is 14.7. The van der Waals surface area contributed by atoms with Crippen molar-refractivity contribution < 1.29 is 9.47 Å². The van der Waals surface area contributed by atoms with Crippen molar-refractivity contribution >= 4 is 21.4 Å². The van der Waals surface area contributed by atoms with E-state index in [0.717, 1.165) is 5.75 Å². The van der Waals surface area contributed by atoms with Gasteiger partial charge in [0.1, 0.15) is 12.4 Å². The molecule has 0 amide bonds. The van der Waals surface area contributed by atoms with Crippen LogP contribution in [0.2, 0.25) is 0 Å². The second kappa shape index (κ2) is 7.61. The minimum absolute atomic E-state index is 0.159. The van der Waals surface area contributed by atoms with Gasteiger partial charge in [-0.3, -0.25) is 9.36 Å². The number of hydrogen-bond acceptors (Lipinski definition) is 5. The number of aromatic nitrogens is 2. The summed E-state index contributed by atoms with van der Waals surface area (Å²) in [5, 5.41) is 1.21. The number of thiophene rings is 1. The van der Waals surface area contributed by atoms with E-state index in [1.807, 2.05) is 10.6 Å². The fraction of sp³-hybridized carbons (Fsp3) is 0.250. The van der Waals surface area contributed by atoms with Crippen LogP contribution in [0.1, 0.15) is 25.3 Å². The first-order valence-corrected chi connectivity index (χ1v) is 10.9. The number of nitrogens with zero attached hydrogens (tertiary/aromatic N) is 2. The Morgan fingerprint density at radius 2 is 2.00 bits per heavy atom. The van der Waals surface area contributed by atoms with Gasteiger partial charge in [0, 0.05) is 21.8 Å². The molecular formula is C24H22N2O3S. The first-order chi connectivity index (χ1) is 14.5. The van der Waals surface area contributed by atoms with E-state index in [9.17, 15) is 4.79 Å². The Kier molecular flexibility index (Phi) is 4.79. The zero-order valence-corrected chi connectivity index (χ0v) is 17.7. The second-order valence-electron chi connectivity index (χ2n) is 7.84. The van der Waals surface area contributed by atoms with Gasteiger partial charge in [-0.25, -0.2) is 0 Å². The second-order valence-corrected chi connectivity index (χ2v) is 8.92. The third-order valence-corrected chi connectivity index (χ3v) is 6.46. The normalized spacial score (nSPS) is 15.4. The molecule has 1 atom stereocenters. The average molecular weight is 419 g/mol. The smallest absolute Gasteiger partial charge is 0.300 e. The monoisotopic (exact) mass is 418 g/mol. The number of hydrogen-bond donors (Lipinski definition) is 0. The van der Waals surface area contributed by atoms with Crippen LogP contribution in [0, 0.1) is 0 Å². The molecule has 2 aromatic carbocycles. The third kappa shape index (κ3) is 3.71. The maximum atomic E-state index is 11.4. The summed E-state index contributed by atoms with van der Waals surface area (Å²) in [7, 11) is 0. The molecule has 4 aromatic rings. The molecule has 0 fully saturated rings. The number of fused-ring (bicyclic) bond motifs is 2. The number of rotatable bonds is 5. The molecule has 5 nitrogen and oxygen atoms in total. The highest BCUT2D eigenvalue weighted by atomic mass is 32.1. The maximum absolute atomic E-state index is 11.4. The van der Waals surface area contributed by atoms with Crippen molar-refractivity contribution in [2.45, 2.75) is 32.4 Å². The minimum atomic E-state index is -0.291. The van der Waals surface area contributed by atoms with Gasteiger partial charge in [0.2, 0.25) is 0 Å². The van der Waals surface area contributed by atoms with Crippen LogP contribution in [-0.4, -0.2) is 22.3 Å². The predicted octanol–water partition coefficient (Wildman–Crippen LogP) is 5.09. The summed E-state index contributed by atoms with van der Waals surface area (Å²) in [5.41, 5.74) is 2.30. The van der Waals surface area contributed by atoms with E-state index in [4.69, 9.17) is 9.47 Å². The van der Waals surface area contributed by atoms with E-state index in [0.29, 0.717) is 25.1 Å². The molecule has 5 rings (SSSR count). The van der Waals surface area contributed by atoms with E-state index in [-0.39, 0.29) is 11.7 Å². The van der Waals surface area contributed by atoms with Gasteiger partial charge in [-0.15, -0.1) is 11.3 Å². The Morgan fingerprint density at radius 1 is 1.17 bits per heavy atom. The summed E-state index contributed by atoms with van der Waals surface area (Å²) in [6.07, 6.45) is 1.55. The molecule has 1 aliphatic heterocycles. The fourth-order valence-corrected chi connectivity index (χ4v) is 4.70. The van der Waals surface area contributed by atoms with Crippen molar-refractivity contribution in [3.05, 3.63) is 76.7 Å². The van der Waals surface area contributed by atoms with E-state index >= 15 is 0 Å². The molecule has 0 saturated carbocycles. The van der Waals surface area contributed by atoms with Crippen LogP contribution >= 0.6 is 11.3 Å². The fourth-order valence-electron chi connectivity index (χ4n) is 3.60. The summed E-state index contributed by atoms with van der Waals surface area (Å²) >= 11 is 1.77. The van der Waals surface area contributed by atoms with Crippen LogP contribution in [0.25, 0.3) is 20.5 Å². The first-order valence-electron chi connectivity index (χ1n) is 10.1.